The fourth-order valence-corrected chi connectivity index (χ4v) is 3.84. The van der Waals surface area contributed by atoms with Crippen molar-refractivity contribution in [3.63, 3.8) is 0 Å². The Kier molecular flexibility index (Phi) is 5.94. The molecular formula is C20H17ClN4O3S. The summed E-state index contributed by atoms with van der Waals surface area (Å²) in [5, 5.41) is 5.62. The molecule has 0 aliphatic rings. The van der Waals surface area contributed by atoms with Crippen molar-refractivity contribution in [2.75, 3.05) is 13.7 Å². The van der Waals surface area contributed by atoms with Crippen LogP contribution in [-0.2, 0) is 17.0 Å². The van der Waals surface area contributed by atoms with Gasteiger partial charge in [0.05, 0.1) is 29.8 Å². The van der Waals surface area contributed by atoms with E-state index < -0.39 is 0 Å². The summed E-state index contributed by atoms with van der Waals surface area (Å²) in [6.07, 6.45) is 0. The second kappa shape index (κ2) is 8.77. The lowest BCUT2D eigenvalue weighted by molar-refractivity contribution is 0.183. The molecule has 2 aromatic carbocycles. The summed E-state index contributed by atoms with van der Waals surface area (Å²) in [6, 6.07) is 14.6. The smallest absolute Gasteiger partial charge is 0.262 e. The molecule has 0 unspecified atom stereocenters. The molecule has 0 atom stereocenters. The van der Waals surface area contributed by atoms with Crippen LogP contribution in [0.1, 0.15) is 5.82 Å². The van der Waals surface area contributed by atoms with Crippen molar-refractivity contribution in [1.82, 2.24) is 19.7 Å². The molecule has 148 valence electrons. The topological polar surface area (TPSA) is 83.0 Å². The molecule has 0 radical (unpaired) electrons. The van der Waals surface area contributed by atoms with Crippen molar-refractivity contribution >= 4 is 34.3 Å². The van der Waals surface area contributed by atoms with Crippen molar-refractivity contribution in [1.29, 1.82) is 0 Å². The van der Waals surface area contributed by atoms with E-state index in [1.807, 2.05) is 30.3 Å². The van der Waals surface area contributed by atoms with Crippen LogP contribution in [0.25, 0.3) is 22.4 Å². The number of halogens is 1. The molecule has 9 heteroatoms. The number of methoxy groups -OCH3 is 1. The first-order valence-electron chi connectivity index (χ1n) is 8.85. The first-order chi connectivity index (χ1) is 14.2. The van der Waals surface area contributed by atoms with E-state index in [-0.39, 0.29) is 5.56 Å². The molecule has 0 spiro atoms. The zero-order valence-electron chi connectivity index (χ0n) is 15.5. The SMILES string of the molecule is COCCn1c(SCc2noc(-c3ccccc3)n2)nc2cc(Cl)ccc2c1=O. The minimum absolute atomic E-state index is 0.135. The predicted molar refractivity (Wildman–Crippen MR) is 112 cm³/mol. The van der Waals surface area contributed by atoms with Gasteiger partial charge in [0.15, 0.2) is 11.0 Å². The van der Waals surface area contributed by atoms with Crippen molar-refractivity contribution in [3.05, 3.63) is 69.7 Å². The van der Waals surface area contributed by atoms with Gasteiger partial charge in [0.2, 0.25) is 0 Å². The number of aromatic nitrogens is 4. The molecule has 0 aliphatic heterocycles. The van der Waals surface area contributed by atoms with E-state index in [0.29, 0.717) is 51.7 Å². The third-order valence-corrected chi connectivity index (χ3v) is 5.43. The molecule has 2 heterocycles. The highest BCUT2D eigenvalue weighted by molar-refractivity contribution is 7.98. The Morgan fingerprint density at radius 1 is 1.17 bits per heavy atom. The molecule has 4 aromatic rings. The molecule has 0 N–H and O–H groups in total. The summed E-state index contributed by atoms with van der Waals surface area (Å²) in [6.45, 7) is 0.791. The summed E-state index contributed by atoms with van der Waals surface area (Å²) in [4.78, 5) is 22.0. The van der Waals surface area contributed by atoms with Crippen molar-refractivity contribution < 1.29 is 9.26 Å². The molecule has 0 saturated heterocycles. The van der Waals surface area contributed by atoms with Crippen molar-refractivity contribution in [2.24, 2.45) is 0 Å². The van der Waals surface area contributed by atoms with E-state index in [0.717, 1.165) is 5.56 Å². The first-order valence-corrected chi connectivity index (χ1v) is 10.2. The van der Waals surface area contributed by atoms with Crippen LogP contribution in [0.2, 0.25) is 5.02 Å². The van der Waals surface area contributed by atoms with E-state index in [2.05, 4.69) is 15.1 Å². The van der Waals surface area contributed by atoms with Gasteiger partial charge < -0.3 is 9.26 Å². The van der Waals surface area contributed by atoms with Gasteiger partial charge in [-0.05, 0) is 30.3 Å². The Labute approximate surface area is 175 Å². The Morgan fingerprint density at radius 2 is 2.00 bits per heavy atom. The van der Waals surface area contributed by atoms with Gasteiger partial charge in [0, 0.05) is 17.7 Å². The van der Waals surface area contributed by atoms with Crippen molar-refractivity contribution in [3.8, 4) is 11.5 Å². The Morgan fingerprint density at radius 3 is 2.79 bits per heavy atom. The van der Waals surface area contributed by atoms with Gasteiger partial charge in [-0.15, -0.1) is 0 Å². The average Bonchev–Trinajstić information content (AvgIpc) is 3.21. The molecule has 4 rings (SSSR count). The standard InChI is InChI=1S/C20H17ClN4O3S/c1-27-10-9-25-19(26)15-8-7-14(21)11-16(15)22-20(25)29-12-17-23-18(28-24-17)13-5-3-2-4-6-13/h2-8,11H,9-10,12H2,1H3. The Bertz CT molecular complexity index is 1190. The summed E-state index contributed by atoms with van der Waals surface area (Å²) in [7, 11) is 1.59. The molecule has 0 saturated carbocycles. The molecule has 2 aromatic heterocycles. The highest BCUT2D eigenvalue weighted by atomic mass is 35.5. The number of ether oxygens (including phenoxy) is 1. The lowest BCUT2D eigenvalue weighted by atomic mass is 10.2. The van der Waals surface area contributed by atoms with Crippen LogP contribution < -0.4 is 5.56 Å². The van der Waals surface area contributed by atoms with E-state index in [1.165, 1.54) is 11.8 Å². The van der Waals surface area contributed by atoms with Gasteiger partial charge in [-0.25, -0.2) is 4.98 Å². The van der Waals surface area contributed by atoms with Crippen LogP contribution in [0, 0.1) is 0 Å². The molecule has 0 aliphatic carbocycles. The second-order valence-corrected chi connectivity index (χ2v) is 7.55. The van der Waals surface area contributed by atoms with E-state index in [4.69, 9.17) is 20.9 Å². The van der Waals surface area contributed by atoms with E-state index in [9.17, 15) is 4.79 Å². The highest BCUT2D eigenvalue weighted by Gasteiger charge is 2.14. The van der Waals surface area contributed by atoms with Gasteiger partial charge in [-0.3, -0.25) is 9.36 Å². The summed E-state index contributed by atoms with van der Waals surface area (Å²) >= 11 is 7.43. The van der Waals surface area contributed by atoms with Crippen LogP contribution in [0.4, 0.5) is 0 Å². The summed E-state index contributed by atoms with van der Waals surface area (Å²) in [5.41, 5.74) is 1.27. The molecule has 0 fully saturated rings. The molecule has 29 heavy (non-hydrogen) atoms. The maximum absolute atomic E-state index is 12.9. The van der Waals surface area contributed by atoms with Gasteiger partial charge >= 0.3 is 0 Å². The van der Waals surface area contributed by atoms with Gasteiger partial charge in [-0.2, -0.15) is 4.98 Å². The number of rotatable bonds is 7. The maximum Gasteiger partial charge on any atom is 0.262 e. The average molecular weight is 429 g/mol. The second-order valence-electron chi connectivity index (χ2n) is 6.18. The van der Waals surface area contributed by atoms with Crippen LogP contribution in [0.3, 0.4) is 0 Å². The number of thioether (sulfide) groups is 1. The monoisotopic (exact) mass is 428 g/mol. The third kappa shape index (κ3) is 4.34. The largest absolute Gasteiger partial charge is 0.383 e. The number of hydrogen-bond acceptors (Lipinski definition) is 7. The number of fused-ring (bicyclic) bond motifs is 1. The van der Waals surface area contributed by atoms with E-state index in [1.54, 1.807) is 29.9 Å². The third-order valence-electron chi connectivity index (χ3n) is 4.22. The summed E-state index contributed by atoms with van der Waals surface area (Å²) in [5.74, 6) is 1.38. The minimum Gasteiger partial charge on any atom is -0.383 e. The van der Waals surface area contributed by atoms with Gasteiger partial charge in [0.1, 0.15) is 0 Å². The summed E-state index contributed by atoms with van der Waals surface area (Å²) < 4.78 is 12.1. The lowest BCUT2D eigenvalue weighted by Gasteiger charge is -2.12. The number of hydrogen-bond donors (Lipinski definition) is 0. The lowest BCUT2D eigenvalue weighted by Crippen LogP contribution is -2.25. The highest BCUT2D eigenvalue weighted by Crippen LogP contribution is 2.24. The minimum atomic E-state index is -0.135. The number of benzene rings is 2. The van der Waals surface area contributed by atoms with Crippen LogP contribution in [0.5, 0.6) is 0 Å². The molecule has 0 bridgehead atoms. The molecular weight excluding hydrogens is 412 g/mol. The van der Waals surface area contributed by atoms with E-state index >= 15 is 0 Å². The zero-order valence-corrected chi connectivity index (χ0v) is 17.1. The van der Waals surface area contributed by atoms with Crippen LogP contribution in [-0.4, -0.2) is 33.4 Å². The van der Waals surface area contributed by atoms with Gasteiger partial charge in [-0.1, -0.05) is 46.7 Å². The fraction of sp³-hybridized carbons (Fsp3) is 0.200. The van der Waals surface area contributed by atoms with Gasteiger partial charge in [0.25, 0.3) is 11.4 Å². The quantitative estimate of drug-likeness (QED) is 0.324. The molecule has 0 amide bonds. The first kappa shape index (κ1) is 19.6. The van der Waals surface area contributed by atoms with Crippen LogP contribution >= 0.6 is 23.4 Å². The predicted octanol–water partition coefficient (Wildman–Crippen LogP) is 4.04. The fourth-order valence-electron chi connectivity index (χ4n) is 2.80. The normalized spacial score (nSPS) is 11.2. The zero-order chi connectivity index (χ0) is 20.2. The number of nitrogens with zero attached hydrogens (tertiary/aromatic N) is 4. The van der Waals surface area contributed by atoms with Crippen molar-refractivity contribution in [2.45, 2.75) is 17.5 Å². The Balaban J connectivity index is 1.63. The molecule has 7 nitrogen and oxygen atoms in total. The van der Waals surface area contributed by atoms with Crippen LogP contribution in [0.15, 0.2) is 63.0 Å². The Hall–Kier alpha value is -2.68. The maximum atomic E-state index is 12.9.